The number of hydrogen-bond donors (Lipinski definition) is 1. The third-order valence-electron chi connectivity index (χ3n) is 0.425. The van der Waals surface area contributed by atoms with Gasteiger partial charge in [0.1, 0.15) is 0 Å². The first-order valence-electron chi connectivity index (χ1n) is 4.06. The average molecular weight is 154 g/mol. The summed E-state index contributed by atoms with van der Waals surface area (Å²) in [5.74, 6) is 0. The van der Waals surface area contributed by atoms with Gasteiger partial charge in [-0.15, -0.1) is 0 Å². The van der Waals surface area contributed by atoms with Gasteiger partial charge in [-0.05, 0) is 6.42 Å². The normalized spacial score (nSPS) is 21.0. The fourth-order valence-corrected chi connectivity index (χ4v) is 1.53. The predicted molar refractivity (Wildman–Crippen MR) is 44.3 cm³/mol. The summed E-state index contributed by atoms with van der Waals surface area (Å²) in [6.45, 7) is 1.91. The van der Waals surface area contributed by atoms with Gasteiger partial charge < -0.3 is 5.73 Å². The molecule has 0 aliphatic carbocycles. The van der Waals surface area contributed by atoms with Crippen LogP contribution in [0.4, 0.5) is 0 Å². The Kier molecular flexibility index (Phi) is 4.28. The van der Waals surface area contributed by atoms with Crippen molar-refractivity contribution in [3.63, 3.8) is 0 Å². The van der Waals surface area contributed by atoms with Gasteiger partial charge in [-0.3, -0.25) is 0 Å². The van der Waals surface area contributed by atoms with E-state index >= 15 is 0 Å². The Morgan fingerprint density at radius 3 is 2.88 bits per heavy atom. The third-order valence-corrected chi connectivity index (χ3v) is 2.33. The molecule has 0 aromatic heterocycles. The highest BCUT2D eigenvalue weighted by atomic mass is 33.1. The van der Waals surface area contributed by atoms with Crippen LogP contribution in [0.5, 0.6) is 0 Å². The quantitative estimate of drug-likeness (QED) is 0.611. The summed E-state index contributed by atoms with van der Waals surface area (Å²) >= 11 is 0. The Bertz CT molecular complexity index is 112. The number of hydrogen-bond acceptors (Lipinski definition) is 3. The molecule has 1 atom stereocenters. The second kappa shape index (κ2) is 7.66. The van der Waals surface area contributed by atoms with Crippen LogP contribution in [0.15, 0.2) is 0 Å². The maximum absolute atomic E-state index is 7.31. The van der Waals surface area contributed by atoms with Crippen LogP contribution in [-0.2, 0) is 0 Å². The molecule has 2 N–H and O–H groups in total. The van der Waals surface area contributed by atoms with Gasteiger partial charge in [-0.2, -0.15) is 0 Å². The molecule has 0 aromatic carbocycles. The first-order chi connectivity index (χ1) is 5.02. The van der Waals surface area contributed by atoms with Gasteiger partial charge in [0.25, 0.3) is 0 Å². The molecule has 0 spiro atoms. The summed E-state index contributed by atoms with van der Waals surface area (Å²) in [4.78, 5) is 0. The van der Waals surface area contributed by atoms with E-state index in [0.717, 1.165) is 17.2 Å². The zero-order valence-electron chi connectivity index (χ0n) is 7.89. The average Bonchev–Trinajstić information content (AvgIpc) is 2.00. The van der Waals surface area contributed by atoms with E-state index in [9.17, 15) is 0 Å². The fourth-order valence-electron chi connectivity index (χ4n) is 0.170. The van der Waals surface area contributed by atoms with Gasteiger partial charge in [0.2, 0.25) is 0 Å². The van der Waals surface area contributed by atoms with Gasteiger partial charge in [0, 0.05) is 22.1 Å². The molecule has 50 valence electrons. The van der Waals surface area contributed by atoms with Gasteiger partial charge >= 0.3 is 0 Å². The topological polar surface area (TPSA) is 26.0 Å². The standard InChI is InChI=1S/C5H13NS2/c1-2-4-7-8-5-3-6/h2-6H2,1H3/i4D,5D2. The van der Waals surface area contributed by atoms with Crippen molar-refractivity contribution >= 4 is 21.6 Å². The second-order valence-electron chi connectivity index (χ2n) is 1.10. The van der Waals surface area contributed by atoms with Gasteiger partial charge in [0.15, 0.2) is 0 Å². The van der Waals surface area contributed by atoms with E-state index in [-0.39, 0.29) is 12.3 Å². The molecular weight excluding hydrogens is 138 g/mol. The van der Waals surface area contributed by atoms with Crippen molar-refractivity contribution in [3.05, 3.63) is 0 Å². The van der Waals surface area contributed by atoms with Crippen LogP contribution in [0.3, 0.4) is 0 Å². The Balaban J connectivity index is 3.52. The van der Waals surface area contributed by atoms with Crippen molar-refractivity contribution in [1.82, 2.24) is 0 Å². The summed E-state index contributed by atoms with van der Waals surface area (Å²) < 4.78 is 21.8. The van der Waals surface area contributed by atoms with E-state index in [1.165, 1.54) is 10.8 Å². The molecule has 0 aliphatic heterocycles. The van der Waals surface area contributed by atoms with Gasteiger partial charge in [0.05, 0.1) is 0 Å². The summed E-state index contributed by atoms with van der Waals surface area (Å²) in [7, 11) is 2.29. The zero-order chi connectivity index (χ0) is 8.91. The van der Waals surface area contributed by atoms with E-state index in [0.29, 0.717) is 0 Å². The van der Waals surface area contributed by atoms with Crippen LogP contribution in [0.2, 0.25) is 0 Å². The molecule has 0 bridgehead atoms. The number of nitrogens with two attached hydrogens (primary N) is 1. The molecule has 0 saturated heterocycles. The Labute approximate surface area is 63.4 Å². The molecule has 3 heteroatoms. The maximum atomic E-state index is 7.31. The molecule has 0 rings (SSSR count). The first-order valence-corrected chi connectivity index (χ1v) is 4.70. The summed E-state index contributed by atoms with van der Waals surface area (Å²) in [6, 6.07) is 0. The van der Waals surface area contributed by atoms with E-state index in [1.54, 1.807) is 0 Å². The fraction of sp³-hybridized carbons (Fsp3) is 1.00. The zero-order valence-corrected chi connectivity index (χ0v) is 6.52. The molecular formula is C5H13NS2. The highest BCUT2D eigenvalue weighted by molar-refractivity contribution is 8.76. The molecule has 0 saturated carbocycles. The third kappa shape index (κ3) is 6.66. The van der Waals surface area contributed by atoms with Crippen molar-refractivity contribution in [1.29, 1.82) is 0 Å². The first kappa shape index (κ1) is 4.47. The minimum atomic E-state index is -1.39. The smallest absolute Gasteiger partial charge is 0.0402 e. The van der Waals surface area contributed by atoms with Crippen LogP contribution in [-0.4, -0.2) is 18.0 Å². The summed E-state index contributed by atoms with van der Waals surface area (Å²) in [6.07, 6.45) is 0.734. The molecule has 0 amide bonds. The van der Waals surface area contributed by atoms with Crippen LogP contribution < -0.4 is 5.73 Å². The Morgan fingerprint density at radius 1 is 1.62 bits per heavy atom. The van der Waals surface area contributed by atoms with E-state index in [4.69, 9.17) is 9.85 Å². The minimum absolute atomic E-state index is 0.00109. The lowest BCUT2D eigenvalue weighted by Crippen LogP contribution is -1.99. The summed E-state index contributed by atoms with van der Waals surface area (Å²) in [5, 5.41) is 0. The second-order valence-corrected chi connectivity index (χ2v) is 3.16. The Morgan fingerprint density at radius 2 is 2.38 bits per heavy atom. The van der Waals surface area contributed by atoms with Gasteiger partial charge in [-0.1, -0.05) is 28.5 Å². The minimum Gasteiger partial charge on any atom is -0.330 e. The van der Waals surface area contributed by atoms with E-state index < -0.39 is 5.70 Å². The summed E-state index contributed by atoms with van der Waals surface area (Å²) in [5.41, 5.74) is 3.53. The van der Waals surface area contributed by atoms with Crippen molar-refractivity contribution in [2.75, 3.05) is 18.0 Å². The monoisotopic (exact) mass is 154 g/mol. The van der Waals surface area contributed by atoms with E-state index in [2.05, 4.69) is 0 Å². The molecule has 8 heavy (non-hydrogen) atoms. The molecule has 1 nitrogen and oxygen atoms in total. The van der Waals surface area contributed by atoms with E-state index in [1.807, 2.05) is 6.92 Å². The lowest BCUT2D eigenvalue weighted by atomic mass is 10.6. The molecule has 0 aliphatic rings. The predicted octanol–water partition coefficient (Wildman–Crippen LogP) is 1.74. The molecule has 0 radical (unpaired) electrons. The maximum Gasteiger partial charge on any atom is 0.0402 e. The highest BCUT2D eigenvalue weighted by Crippen LogP contribution is 2.20. The van der Waals surface area contributed by atoms with Crippen LogP contribution in [0, 0.1) is 0 Å². The van der Waals surface area contributed by atoms with Gasteiger partial charge in [-0.25, -0.2) is 0 Å². The largest absolute Gasteiger partial charge is 0.330 e. The van der Waals surface area contributed by atoms with Crippen molar-refractivity contribution in [3.8, 4) is 0 Å². The Hall–Kier alpha value is 0.660. The molecule has 0 aromatic rings. The highest BCUT2D eigenvalue weighted by Gasteiger charge is 1.83. The van der Waals surface area contributed by atoms with Crippen LogP contribution in [0.25, 0.3) is 0 Å². The van der Waals surface area contributed by atoms with Crippen LogP contribution >= 0.6 is 21.6 Å². The molecule has 0 heterocycles. The molecule has 0 fully saturated rings. The lowest BCUT2D eigenvalue weighted by Gasteiger charge is -1.93. The lowest BCUT2D eigenvalue weighted by molar-refractivity contribution is 1.11. The SMILES string of the molecule is [2H]C(CC)SSC([2H])([2H])CN. The van der Waals surface area contributed by atoms with Crippen LogP contribution in [0.1, 0.15) is 17.5 Å². The van der Waals surface area contributed by atoms with Crippen molar-refractivity contribution in [2.45, 2.75) is 13.3 Å². The van der Waals surface area contributed by atoms with Crippen molar-refractivity contribution in [2.24, 2.45) is 5.73 Å². The molecule has 1 unspecified atom stereocenters. The van der Waals surface area contributed by atoms with Crippen molar-refractivity contribution < 1.29 is 4.11 Å². The number of rotatable bonds is 5.